The van der Waals surface area contributed by atoms with Crippen LogP contribution in [0.4, 0.5) is 0 Å². The van der Waals surface area contributed by atoms with E-state index in [1.54, 1.807) is 17.1 Å². The second kappa shape index (κ2) is 4.37. The Kier molecular flexibility index (Phi) is 2.57. The molecule has 1 N–H and O–H groups in total. The predicted octanol–water partition coefficient (Wildman–Crippen LogP) is 1.01. The van der Waals surface area contributed by atoms with E-state index in [2.05, 4.69) is 20.4 Å². The van der Waals surface area contributed by atoms with Gasteiger partial charge in [0, 0.05) is 31.7 Å². The zero-order valence-electron chi connectivity index (χ0n) is 9.37. The van der Waals surface area contributed by atoms with Crippen molar-refractivity contribution < 1.29 is 0 Å². The van der Waals surface area contributed by atoms with Crippen molar-refractivity contribution in [3.05, 3.63) is 42.4 Å². The molecule has 5 nitrogen and oxygen atoms in total. The second-order valence-electron chi connectivity index (χ2n) is 3.84. The molecule has 0 spiro atoms. The SMILES string of the molecule is c1cnc(-n2cccn2)c(C2=NCCCN2)c1. The van der Waals surface area contributed by atoms with Crippen LogP contribution in [0.2, 0.25) is 0 Å². The van der Waals surface area contributed by atoms with Crippen LogP contribution < -0.4 is 5.32 Å². The van der Waals surface area contributed by atoms with Gasteiger partial charge >= 0.3 is 0 Å². The van der Waals surface area contributed by atoms with Gasteiger partial charge < -0.3 is 5.32 Å². The second-order valence-corrected chi connectivity index (χ2v) is 3.84. The average molecular weight is 227 g/mol. The summed E-state index contributed by atoms with van der Waals surface area (Å²) in [5, 5.41) is 7.52. The third kappa shape index (κ3) is 1.91. The Morgan fingerprint density at radius 1 is 1.24 bits per heavy atom. The van der Waals surface area contributed by atoms with Gasteiger partial charge in [-0.1, -0.05) is 0 Å². The van der Waals surface area contributed by atoms with Gasteiger partial charge in [-0.3, -0.25) is 4.99 Å². The molecule has 0 fully saturated rings. The maximum Gasteiger partial charge on any atom is 0.164 e. The van der Waals surface area contributed by atoms with Crippen LogP contribution in [-0.2, 0) is 0 Å². The summed E-state index contributed by atoms with van der Waals surface area (Å²) in [4.78, 5) is 8.87. The van der Waals surface area contributed by atoms with Gasteiger partial charge in [0.15, 0.2) is 5.82 Å². The van der Waals surface area contributed by atoms with Crippen molar-refractivity contribution in [1.82, 2.24) is 20.1 Å². The molecule has 0 radical (unpaired) electrons. The first kappa shape index (κ1) is 10.0. The van der Waals surface area contributed by atoms with Crippen LogP contribution in [-0.4, -0.2) is 33.7 Å². The lowest BCUT2D eigenvalue weighted by atomic mass is 10.2. The number of hydrogen-bond acceptors (Lipinski definition) is 4. The fourth-order valence-corrected chi connectivity index (χ4v) is 1.87. The van der Waals surface area contributed by atoms with E-state index in [0.717, 1.165) is 36.7 Å². The fraction of sp³-hybridized carbons (Fsp3) is 0.250. The highest BCUT2D eigenvalue weighted by Crippen LogP contribution is 2.12. The average Bonchev–Trinajstić information content (AvgIpc) is 2.94. The molecule has 17 heavy (non-hydrogen) atoms. The van der Waals surface area contributed by atoms with E-state index in [9.17, 15) is 0 Å². The third-order valence-corrected chi connectivity index (χ3v) is 2.66. The van der Waals surface area contributed by atoms with E-state index in [1.165, 1.54) is 0 Å². The summed E-state index contributed by atoms with van der Waals surface area (Å²) in [6.07, 6.45) is 6.48. The predicted molar refractivity (Wildman–Crippen MR) is 65.4 cm³/mol. The minimum Gasteiger partial charge on any atom is -0.370 e. The first-order chi connectivity index (χ1) is 8.45. The van der Waals surface area contributed by atoms with E-state index in [-0.39, 0.29) is 0 Å². The van der Waals surface area contributed by atoms with Gasteiger partial charge in [0.25, 0.3) is 0 Å². The zero-order valence-corrected chi connectivity index (χ0v) is 9.37. The minimum atomic E-state index is 0.811. The Balaban J connectivity index is 2.07. The van der Waals surface area contributed by atoms with Gasteiger partial charge in [-0.2, -0.15) is 5.10 Å². The van der Waals surface area contributed by atoms with Crippen LogP contribution >= 0.6 is 0 Å². The monoisotopic (exact) mass is 227 g/mol. The Hall–Kier alpha value is -2.17. The smallest absolute Gasteiger partial charge is 0.164 e. The highest BCUT2D eigenvalue weighted by atomic mass is 15.3. The van der Waals surface area contributed by atoms with Gasteiger partial charge in [0.2, 0.25) is 0 Å². The lowest BCUT2D eigenvalue weighted by Gasteiger charge is -2.16. The van der Waals surface area contributed by atoms with E-state index < -0.39 is 0 Å². The van der Waals surface area contributed by atoms with Gasteiger partial charge in [-0.25, -0.2) is 9.67 Å². The molecule has 0 unspecified atom stereocenters. The lowest BCUT2D eigenvalue weighted by molar-refractivity contribution is 0.739. The van der Waals surface area contributed by atoms with Crippen LogP contribution in [0.5, 0.6) is 0 Å². The molecule has 1 aliphatic rings. The summed E-state index contributed by atoms with van der Waals surface area (Å²) in [6.45, 7) is 1.84. The third-order valence-electron chi connectivity index (χ3n) is 2.66. The molecule has 2 aromatic rings. The number of rotatable bonds is 2. The Labute approximate surface area is 99.2 Å². The van der Waals surface area contributed by atoms with Crippen molar-refractivity contribution in [2.45, 2.75) is 6.42 Å². The van der Waals surface area contributed by atoms with Crippen LogP contribution in [0, 0.1) is 0 Å². The highest BCUT2D eigenvalue weighted by molar-refractivity contribution is 6.01. The molecule has 0 bridgehead atoms. The van der Waals surface area contributed by atoms with Gasteiger partial charge in [0.05, 0.1) is 5.56 Å². The largest absolute Gasteiger partial charge is 0.370 e. The number of nitrogens with one attached hydrogen (secondary N) is 1. The number of aromatic nitrogens is 3. The van der Waals surface area contributed by atoms with Gasteiger partial charge in [0.1, 0.15) is 5.84 Å². The van der Waals surface area contributed by atoms with E-state index in [0.29, 0.717) is 0 Å². The van der Waals surface area contributed by atoms with Crippen LogP contribution in [0.15, 0.2) is 41.8 Å². The van der Waals surface area contributed by atoms with Crippen LogP contribution in [0.1, 0.15) is 12.0 Å². The van der Waals surface area contributed by atoms with Crippen molar-refractivity contribution >= 4 is 5.84 Å². The Morgan fingerprint density at radius 3 is 3.00 bits per heavy atom. The zero-order chi connectivity index (χ0) is 11.5. The topological polar surface area (TPSA) is 55.1 Å². The summed E-state index contributed by atoms with van der Waals surface area (Å²) in [5.41, 5.74) is 0.996. The number of aliphatic imine (C=N–C) groups is 1. The molecule has 0 saturated heterocycles. The summed E-state index contributed by atoms with van der Waals surface area (Å²) in [7, 11) is 0. The number of nitrogens with zero attached hydrogens (tertiary/aromatic N) is 4. The summed E-state index contributed by atoms with van der Waals surface area (Å²) in [6, 6.07) is 5.82. The lowest BCUT2D eigenvalue weighted by Crippen LogP contribution is -2.31. The molecule has 0 atom stereocenters. The van der Waals surface area contributed by atoms with E-state index >= 15 is 0 Å². The van der Waals surface area contributed by atoms with Crippen LogP contribution in [0.3, 0.4) is 0 Å². The van der Waals surface area contributed by atoms with Crippen LogP contribution in [0.25, 0.3) is 5.82 Å². The maximum atomic E-state index is 4.49. The molecular weight excluding hydrogens is 214 g/mol. The van der Waals surface area contributed by atoms with Crippen molar-refractivity contribution in [2.24, 2.45) is 4.99 Å². The van der Waals surface area contributed by atoms with Crippen molar-refractivity contribution in [3.8, 4) is 5.82 Å². The standard InChI is InChI=1S/C12H13N5/c1-4-10(11-13-6-2-7-14-11)12(15-5-1)17-9-3-8-16-17/h1,3-5,8-9H,2,6-7H2,(H,13,14). The molecule has 1 aliphatic heterocycles. The van der Waals surface area contributed by atoms with E-state index in [4.69, 9.17) is 0 Å². The summed E-state index contributed by atoms with van der Waals surface area (Å²) in [5.74, 6) is 1.72. The Morgan fingerprint density at radius 2 is 2.24 bits per heavy atom. The van der Waals surface area contributed by atoms with Crippen molar-refractivity contribution in [3.63, 3.8) is 0 Å². The van der Waals surface area contributed by atoms with Gasteiger partial charge in [-0.05, 0) is 24.6 Å². The first-order valence-electron chi connectivity index (χ1n) is 5.69. The molecule has 3 heterocycles. The minimum absolute atomic E-state index is 0.811. The summed E-state index contributed by atoms with van der Waals surface area (Å²) < 4.78 is 1.76. The fourth-order valence-electron chi connectivity index (χ4n) is 1.87. The maximum absolute atomic E-state index is 4.49. The molecule has 0 saturated carbocycles. The number of hydrogen-bond donors (Lipinski definition) is 1. The molecule has 0 aromatic carbocycles. The molecule has 86 valence electrons. The van der Waals surface area contributed by atoms with Crippen molar-refractivity contribution in [1.29, 1.82) is 0 Å². The van der Waals surface area contributed by atoms with Gasteiger partial charge in [-0.15, -0.1) is 0 Å². The molecule has 3 rings (SSSR count). The molecule has 5 heteroatoms. The molecule has 0 amide bonds. The summed E-state index contributed by atoms with van der Waals surface area (Å²) >= 11 is 0. The quantitative estimate of drug-likeness (QED) is 0.833. The normalized spacial score (nSPS) is 15.2. The van der Waals surface area contributed by atoms with Crippen molar-refractivity contribution in [2.75, 3.05) is 13.1 Å². The van der Waals surface area contributed by atoms with E-state index in [1.807, 2.05) is 24.4 Å². The first-order valence-corrected chi connectivity index (χ1v) is 5.69. The molecular formula is C12H13N5. The Bertz CT molecular complexity index is 530. The molecule has 0 aliphatic carbocycles. The number of amidine groups is 1. The molecule has 2 aromatic heterocycles. The number of pyridine rings is 1. The highest BCUT2D eigenvalue weighted by Gasteiger charge is 2.13.